The number of carbonyl (C=O) groups is 1. The Morgan fingerprint density at radius 1 is 1.19 bits per heavy atom. The van der Waals surface area contributed by atoms with Crippen molar-refractivity contribution in [2.75, 3.05) is 33.5 Å². The Morgan fingerprint density at radius 3 is 2.58 bits per heavy atom. The third kappa shape index (κ3) is 8.63. The van der Waals surface area contributed by atoms with E-state index in [1.165, 1.54) is 11.1 Å². The second kappa shape index (κ2) is 13.4. The van der Waals surface area contributed by atoms with E-state index in [1.807, 2.05) is 0 Å². The number of esters is 1. The third-order valence-electron chi connectivity index (χ3n) is 6.52. The van der Waals surface area contributed by atoms with Crippen LogP contribution in [0.2, 0.25) is 0 Å². The molecule has 0 spiro atoms. The van der Waals surface area contributed by atoms with Crippen LogP contribution in [0.3, 0.4) is 0 Å². The summed E-state index contributed by atoms with van der Waals surface area (Å²) in [5.74, 6) is 0.700. The molecule has 1 aliphatic rings. The van der Waals surface area contributed by atoms with Crippen LogP contribution < -0.4 is 10.1 Å². The van der Waals surface area contributed by atoms with Crippen LogP contribution in [0.4, 0.5) is 0 Å². The number of benzene rings is 2. The molecule has 2 aromatic carbocycles. The van der Waals surface area contributed by atoms with Gasteiger partial charge >= 0.3 is 5.97 Å². The zero-order chi connectivity index (χ0) is 26.0. The predicted octanol–water partition coefficient (Wildman–Crippen LogP) is 3.59. The van der Waals surface area contributed by atoms with Crippen molar-refractivity contribution < 1.29 is 24.1 Å². The first-order valence-electron chi connectivity index (χ1n) is 12.6. The van der Waals surface area contributed by atoms with Gasteiger partial charge in [0.25, 0.3) is 0 Å². The first kappa shape index (κ1) is 27.7. The lowest BCUT2D eigenvalue weighted by molar-refractivity contribution is -0.144. The monoisotopic (exact) mass is 494 g/mol. The number of β-amino-alcohol motifs (C(OH)–C–C–N with tert-alkyl or cyclic N) is 1. The Bertz CT molecular complexity index is 1020. The molecule has 2 N–H and O–H groups in total. The number of methoxy groups -OCH3 is 1. The molecular weight excluding hydrogens is 456 g/mol. The number of ether oxygens (including phenoxy) is 3. The molecule has 0 saturated carbocycles. The number of nitriles is 1. The van der Waals surface area contributed by atoms with E-state index in [4.69, 9.17) is 14.2 Å². The van der Waals surface area contributed by atoms with Gasteiger partial charge in [0.15, 0.2) is 0 Å². The number of aryl methyl sites for hydroxylation is 1. The summed E-state index contributed by atoms with van der Waals surface area (Å²) in [6.07, 6.45) is 3.19. The normalized spacial score (nSPS) is 14.2. The Kier molecular flexibility index (Phi) is 10.3. The lowest BCUT2D eigenvalue weighted by atomic mass is 9.88. The minimum atomic E-state index is -0.726. The van der Waals surface area contributed by atoms with Crippen LogP contribution >= 0.6 is 0 Å². The summed E-state index contributed by atoms with van der Waals surface area (Å²) >= 11 is 0. The fraction of sp³-hybridized carbons (Fsp3) is 0.517. The van der Waals surface area contributed by atoms with Gasteiger partial charge in [0.05, 0.1) is 12.2 Å². The van der Waals surface area contributed by atoms with E-state index >= 15 is 0 Å². The molecule has 194 valence electrons. The van der Waals surface area contributed by atoms with Crippen LogP contribution in [-0.4, -0.2) is 56.2 Å². The van der Waals surface area contributed by atoms with Gasteiger partial charge < -0.3 is 24.6 Å². The Balaban J connectivity index is 1.44. The number of hydrogen-bond acceptors (Lipinski definition) is 7. The van der Waals surface area contributed by atoms with Gasteiger partial charge in [-0.05, 0) is 74.3 Å². The minimum Gasteiger partial charge on any atom is -0.489 e. The van der Waals surface area contributed by atoms with E-state index in [0.29, 0.717) is 36.8 Å². The number of aliphatic hydroxyl groups is 1. The SMILES string of the molecule is COCCOC(=O)CCc1ccc(C#N)c(OC[C@H](O)CNC(C)(C)CC2Cc3ccccc3C2)c1. The summed E-state index contributed by atoms with van der Waals surface area (Å²) in [5.41, 5.74) is 4.03. The number of fused-ring (bicyclic) bond motifs is 1. The van der Waals surface area contributed by atoms with E-state index in [2.05, 4.69) is 49.5 Å². The quantitative estimate of drug-likeness (QED) is 0.306. The summed E-state index contributed by atoms with van der Waals surface area (Å²) in [4.78, 5) is 11.8. The molecule has 1 aliphatic carbocycles. The van der Waals surface area contributed by atoms with Crippen molar-refractivity contribution in [2.24, 2.45) is 5.92 Å². The van der Waals surface area contributed by atoms with E-state index in [9.17, 15) is 15.2 Å². The van der Waals surface area contributed by atoms with Gasteiger partial charge in [0.1, 0.15) is 31.1 Å². The summed E-state index contributed by atoms with van der Waals surface area (Å²) in [5, 5.41) is 23.5. The van der Waals surface area contributed by atoms with Crippen molar-refractivity contribution in [3.8, 4) is 11.8 Å². The predicted molar refractivity (Wildman–Crippen MR) is 138 cm³/mol. The highest BCUT2D eigenvalue weighted by molar-refractivity contribution is 5.69. The number of hydrogen-bond donors (Lipinski definition) is 2. The van der Waals surface area contributed by atoms with Crippen LogP contribution in [0.25, 0.3) is 0 Å². The molecule has 0 saturated heterocycles. The number of aliphatic hydroxyl groups excluding tert-OH is 1. The molecule has 36 heavy (non-hydrogen) atoms. The molecule has 7 heteroatoms. The lowest BCUT2D eigenvalue weighted by Crippen LogP contribution is -2.46. The van der Waals surface area contributed by atoms with Crippen molar-refractivity contribution in [3.63, 3.8) is 0 Å². The van der Waals surface area contributed by atoms with Crippen LogP contribution in [0.15, 0.2) is 42.5 Å². The first-order valence-corrected chi connectivity index (χ1v) is 12.6. The van der Waals surface area contributed by atoms with E-state index < -0.39 is 6.10 Å². The summed E-state index contributed by atoms with van der Waals surface area (Å²) in [7, 11) is 1.55. The van der Waals surface area contributed by atoms with Gasteiger partial charge in [-0.2, -0.15) is 5.26 Å². The van der Waals surface area contributed by atoms with Crippen molar-refractivity contribution in [1.29, 1.82) is 5.26 Å². The molecule has 0 fully saturated rings. The number of carbonyl (C=O) groups excluding carboxylic acids is 1. The largest absolute Gasteiger partial charge is 0.489 e. The smallest absolute Gasteiger partial charge is 0.306 e. The average molecular weight is 495 g/mol. The standard InChI is InChI=1S/C29H38N2O5/c1-29(2,17-22-14-23-6-4-5-7-24(23)15-22)31-19-26(32)20-36-27-16-21(8-10-25(27)18-30)9-11-28(33)35-13-12-34-3/h4-8,10,16,22,26,31-32H,9,11-15,17,19-20H2,1-3H3/t26-/m1/s1. The summed E-state index contributed by atoms with van der Waals surface area (Å²) < 4.78 is 15.8. The zero-order valence-electron chi connectivity index (χ0n) is 21.6. The van der Waals surface area contributed by atoms with Gasteiger partial charge in [-0.1, -0.05) is 30.3 Å². The van der Waals surface area contributed by atoms with Crippen LogP contribution in [0, 0.1) is 17.2 Å². The fourth-order valence-electron chi connectivity index (χ4n) is 4.72. The first-order chi connectivity index (χ1) is 17.3. The van der Waals surface area contributed by atoms with Gasteiger partial charge in [0.2, 0.25) is 0 Å². The lowest BCUT2D eigenvalue weighted by Gasteiger charge is -2.30. The molecule has 7 nitrogen and oxygen atoms in total. The molecule has 0 aromatic heterocycles. The molecule has 1 atom stereocenters. The Hall–Kier alpha value is -2.92. The maximum Gasteiger partial charge on any atom is 0.306 e. The van der Waals surface area contributed by atoms with Crippen molar-refractivity contribution in [1.82, 2.24) is 5.32 Å². The Morgan fingerprint density at radius 2 is 1.92 bits per heavy atom. The molecule has 0 unspecified atom stereocenters. The van der Waals surface area contributed by atoms with Gasteiger partial charge in [-0.3, -0.25) is 4.79 Å². The number of rotatable bonds is 14. The molecule has 3 rings (SSSR count). The minimum absolute atomic E-state index is 0.0646. The molecule has 0 bridgehead atoms. The van der Waals surface area contributed by atoms with Crippen molar-refractivity contribution >= 4 is 5.97 Å². The highest BCUT2D eigenvalue weighted by Crippen LogP contribution is 2.31. The summed E-state index contributed by atoms with van der Waals surface area (Å²) in [6, 6.07) is 16.0. The number of nitrogens with zero attached hydrogens (tertiary/aromatic N) is 1. The molecule has 0 aliphatic heterocycles. The molecule has 0 radical (unpaired) electrons. The van der Waals surface area contributed by atoms with E-state index in [1.54, 1.807) is 25.3 Å². The topological polar surface area (TPSA) is 101 Å². The van der Waals surface area contributed by atoms with Gasteiger partial charge in [-0.25, -0.2) is 0 Å². The van der Waals surface area contributed by atoms with Gasteiger partial charge in [-0.15, -0.1) is 0 Å². The maximum atomic E-state index is 11.8. The zero-order valence-corrected chi connectivity index (χ0v) is 21.6. The fourth-order valence-corrected chi connectivity index (χ4v) is 4.72. The molecule has 2 aromatic rings. The van der Waals surface area contributed by atoms with E-state index in [0.717, 1.165) is 24.8 Å². The van der Waals surface area contributed by atoms with Crippen LogP contribution in [0.5, 0.6) is 5.75 Å². The molecule has 0 amide bonds. The maximum absolute atomic E-state index is 11.8. The van der Waals surface area contributed by atoms with E-state index in [-0.39, 0.29) is 31.1 Å². The Labute approximate surface area is 214 Å². The highest BCUT2D eigenvalue weighted by Gasteiger charge is 2.28. The molecular formula is C29H38N2O5. The second-order valence-corrected chi connectivity index (χ2v) is 10.1. The third-order valence-corrected chi connectivity index (χ3v) is 6.52. The second-order valence-electron chi connectivity index (χ2n) is 10.1. The van der Waals surface area contributed by atoms with Crippen molar-refractivity contribution in [3.05, 3.63) is 64.7 Å². The highest BCUT2D eigenvalue weighted by atomic mass is 16.6. The molecule has 0 heterocycles. The summed E-state index contributed by atoms with van der Waals surface area (Å²) in [6.45, 7) is 5.39. The van der Waals surface area contributed by atoms with Crippen molar-refractivity contribution in [2.45, 2.75) is 57.6 Å². The average Bonchev–Trinajstić information content (AvgIpc) is 3.26. The van der Waals surface area contributed by atoms with Crippen LogP contribution in [-0.2, 0) is 33.5 Å². The van der Waals surface area contributed by atoms with Crippen LogP contribution in [0.1, 0.15) is 48.9 Å². The van der Waals surface area contributed by atoms with Gasteiger partial charge in [0, 0.05) is 25.6 Å². The number of nitrogens with one attached hydrogen (secondary N) is 1.